The van der Waals surface area contributed by atoms with Crippen LogP contribution in [0.5, 0.6) is 5.75 Å². The lowest BCUT2D eigenvalue weighted by Crippen LogP contribution is -2.23. The molecule has 4 rings (SSSR count). The number of amides is 1. The van der Waals surface area contributed by atoms with Gasteiger partial charge in [-0.15, -0.1) is 0 Å². The van der Waals surface area contributed by atoms with E-state index in [0.29, 0.717) is 24.9 Å². The Bertz CT molecular complexity index is 1250. The number of carbonyl (C=O) groups is 1. The summed E-state index contributed by atoms with van der Waals surface area (Å²) in [6.45, 7) is 2.52. The zero-order valence-corrected chi connectivity index (χ0v) is 18.7. The normalized spacial score (nSPS) is 10.8. The summed E-state index contributed by atoms with van der Waals surface area (Å²) < 4.78 is 20.9. The summed E-state index contributed by atoms with van der Waals surface area (Å²) in [6.07, 6.45) is 0.791. The number of halogens is 1. The van der Waals surface area contributed by atoms with Crippen LogP contribution in [0.3, 0.4) is 0 Å². The molecule has 0 unspecified atom stereocenters. The Morgan fingerprint density at radius 3 is 2.55 bits per heavy atom. The Morgan fingerprint density at radius 1 is 1.03 bits per heavy atom. The fourth-order valence-corrected chi connectivity index (χ4v) is 3.68. The SMILES string of the molecule is COc1ccc(-n2nc(CCC(=O)NCc3cccc(C)c3)cc2-c2cccc(F)c2)cc1. The van der Waals surface area contributed by atoms with E-state index in [0.717, 1.165) is 34.0 Å². The third-order valence-electron chi connectivity index (χ3n) is 5.38. The van der Waals surface area contributed by atoms with Crippen molar-refractivity contribution in [2.24, 2.45) is 0 Å². The van der Waals surface area contributed by atoms with Crippen LogP contribution in [0.4, 0.5) is 4.39 Å². The quantitative estimate of drug-likeness (QED) is 0.405. The van der Waals surface area contributed by atoms with E-state index < -0.39 is 0 Å². The van der Waals surface area contributed by atoms with Gasteiger partial charge >= 0.3 is 0 Å². The molecule has 4 aromatic rings. The van der Waals surface area contributed by atoms with Gasteiger partial charge in [0, 0.05) is 24.9 Å². The van der Waals surface area contributed by atoms with Crippen molar-refractivity contribution in [3.05, 3.63) is 102 Å². The number of rotatable bonds is 8. The van der Waals surface area contributed by atoms with Crippen LogP contribution in [-0.4, -0.2) is 22.8 Å². The topological polar surface area (TPSA) is 56.2 Å². The van der Waals surface area contributed by atoms with Crippen LogP contribution in [0.25, 0.3) is 16.9 Å². The molecule has 1 heterocycles. The minimum atomic E-state index is -0.313. The van der Waals surface area contributed by atoms with Gasteiger partial charge < -0.3 is 10.1 Å². The Labute approximate surface area is 192 Å². The molecule has 0 aliphatic carbocycles. The molecule has 1 aromatic heterocycles. The first kappa shape index (κ1) is 22.3. The van der Waals surface area contributed by atoms with Crippen LogP contribution < -0.4 is 10.1 Å². The van der Waals surface area contributed by atoms with E-state index in [4.69, 9.17) is 9.84 Å². The molecule has 0 fully saturated rings. The molecule has 33 heavy (non-hydrogen) atoms. The average Bonchev–Trinajstić information content (AvgIpc) is 3.26. The van der Waals surface area contributed by atoms with Gasteiger partial charge in [0.1, 0.15) is 11.6 Å². The highest BCUT2D eigenvalue weighted by Crippen LogP contribution is 2.26. The van der Waals surface area contributed by atoms with Gasteiger partial charge in [0.15, 0.2) is 0 Å². The monoisotopic (exact) mass is 443 g/mol. The lowest BCUT2D eigenvalue weighted by atomic mass is 10.1. The number of nitrogens with zero attached hydrogens (tertiary/aromatic N) is 2. The Morgan fingerprint density at radius 2 is 1.82 bits per heavy atom. The molecule has 1 amide bonds. The van der Waals surface area contributed by atoms with E-state index in [1.165, 1.54) is 12.1 Å². The molecule has 3 aromatic carbocycles. The second-order valence-electron chi connectivity index (χ2n) is 7.91. The van der Waals surface area contributed by atoms with Gasteiger partial charge in [-0.25, -0.2) is 9.07 Å². The highest BCUT2D eigenvalue weighted by Gasteiger charge is 2.14. The maximum Gasteiger partial charge on any atom is 0.220 e. The minimum Gasteiger partial charge on any atom is -0.497 e. The summed E-state index contributed by atoms with van der Waals surface area (Å²) >= 11 is 0. The largest absolute Gasteiger partial charge is 0.497 e. The number of methoxy groups -OCH3 is 1. The first-order valence-corrected chi connectivity index (χ1v) is 10.8. The summed E-state index contributed by atoms with van der Waals surface area (Å²) in [4.78, 5) is 12.4. The highest BCUT2D eigenvalue weighted by atomic mass is 19.1. The van der Waals surface area contributed by atoms with Crippen molar-refractivity contribution in [3.63, 3.8) is 0 Å². The van der Waals surface area contributed by atoms with Crippen LogP contribution in [-0.2, 0) is 17.8 Å². The number of carbonyl (C=O) groups excluding carboxylic acids is 1. The third-order valence-corrected chi connectivity index (χ3v) is 5.38. The van der Waals surface area contributed by atoms with Crippen LogP contribution in [0, 0.1) is 12.7 Å². The van der Waals surface area contributed by atoms with Gasteiger partial charge in [-0.1, -0.05) is 42.0 Å². The molecule has 0 bridgehead atoms. The maximum atomic E-state index is 13.9. The Balaban J connectivity index is 1.51. The Hall–Kier alpha value is -3.93. The molecule has 6 heteroatoms. The summed E-state index contributed by atoms with van der Waals surface area (Å²) in [6, 6.07) is 23.9. The van der Waals surface area contributed by atoms with Gasteiger partial charge in [0.2, 0.25) is 5.91 Å². The molecule has 1 N–H and O–H groups in total. The first-order valence-electron chi connectivity index (χ1n) is 10.8. The number of aromatic nitrogens is 2. The second kappa shape index (κ2) is 10.1. The second-order valence-corrected chi connectivity index (χ2v) is 7.91. The molecule has 168 valence electrons. The molecule has 0 saturated heterocycles. The van der Waals surface area contributed by atoms with Crippen molar-refractivity contribution >= 4 is 5.91 Å². The number of ether oxygens (including phenoxy) is 1. The summed E-state index contributed by atoms with van der Waals surface area (Å²) in [5.41, 5.74) is 5.29. The fraction of sp³-hybridized carbons (Fsp3) is 0.185. The molecule has 0 atom stereocenters. The molecule has 0 radical (unpaired) electrons. The predicted molar refractivity (Wildman–Crippen MR) is 127 cm³/mol. The smallest absolute Gasteiger partial charge is 0.220 e. The number of hydrogen-bond acceptors (Lipinski definition) is 3. The summed E-state index contributed by atoms with van der Waals surface area (Å²) in [7, 11) is 1.61. The minimum absolute atomic E-state index is 0.0391. The van der Waals surface area contributed by atoms with E-state index in [9.17, 15) is 9.18 Å². The van der Waals surface area contributed by atoms with E-state index in [1.807, 2.05) is 61.5 Å². The van der Waals surface area contributed by atoms with Gasteiger partial charge in [-0.05, 0) is 55.0 Å². The lowest BCUT2D eigenvalue weighted by molar-refractivity contribution is -0.121. The van der Waals surface area contributed by atoms with E-state index in [2.05, 4.69) is 11.4 Å². The van der Waals surface area contributed by atoms with Crippen molar-refractivity contribution < 1.29 is 13.9 Å². The van der Waals surface area contributed by atoms with Crippen LogP contribution in [0.15, 0.2) is 78.9 Å². The molecule has 0 aliphatic heterocycles. The number of benzene rings is 3. The molecular weight excluding hydrogens is 417 g/mol. The lowest BCUT2D eigenvalue weighted by Gasteiger charge is -2.08. The third kappa shape index (κ3) is 5.66. The van der Waals surface area contributed by atoms with Crippen LogP contribution in [0.2, 0.25) is 0 Å². The zero-order chi connectivity index (χ0) is 23.2. The fourth-order valence-electron chi connectivity index (χ4n) is 3.68. The molecule has 5 nitrogen and oxygen atoms in total. The molecular formula is C27H26FN3O2. The van der Waals surface area contributed by atoms with Crippen molar-refractivity contribution in [2.75, 3.05) is 7.11 Å². The standard InChI is InChI=1S/C27H26FN3O2/c1-19-5-3-6-20(15-19)18-29-27(32)14-9-23-17-26(21-7-4-8-22(28)16-21)31(30-23)24-10-12-25(33-2)13-11-24/h3-8,10-13,15-17H,9,14,18H2,1-2H3,(H,29,32). The zero-order valence-electron chi connectivity index (χ0n) is 18.7. The van der Waals surface area contributed by atoms with Crippen molar-refractivity contribution in [1.29, 1.82) is 0 Å². The highest BCUT2D eigenvalue weighted by molar-refractivity contribution is 5.76. The average molecular weight is 444 g/mol. The van der Waals surface area contributed by atoms with Crippen molar-refractivity contribution in [2.45, 2.75) is 26.3 Å². The molecule has 0 aliphatic rings. The van der Waals surface area contributed by atoms with Gasteiger partial charge in [0.05, 0.1) is 24.2 Å². The number of nitrogens with one attached hydrogen (secondary N) is 1. The van der Waals surface area contributed by atoms with E-state index in [-0.39, 0.29) is 11.7 Å². The maximum absolute atomic E-state index is 13.9. The van der Waals surface area contributed by atoms with E-state index >= 15 is 0 Å². The molecule has 0 saturated carbocycles. The van der Waals surface area contributed by atoms with Gasteiger partial charge in [-0.3, -0.25) is 4.79 Å². The number of hydrogen-bond donors (Lipinski definition) is 1. The van der Waals surface area contributed by atoms with Crippen molar-refractivity contribution in [1.82, 2.24) is 15.1 Å². The van der Waals surface area contributed by atoms with Gasteiger partial charge in [-0.2, -0.15) is 5.10 Å². The first-order chi connectivity index (χ1) is 16.0. The van der Waals surface area contributed by atoms with E-state index in [1.54, 1.807) is 17.9 Å². The molecule has 0 spiro atoms. The van der Waals surface area contributed by atoms with Crippen LogP contribution in [0.1, 0.15) is 23.2 Å². The predicted octanol–water partition coefficient (Wildman–Crippen LogP) is 5.24. The summed E-state index contributed by atoms with van der Waals surface area (Å²) in [5.74, 6) is 0.388. The van der Waals surface area contributed by atoms with Crippen LogP contribution >= 0.6 is 0 Å². The van der Waals surface area contributed by atoms with Gasteiger partial charge in [0.25, 0.3) is 0 Å². The number of aryl methyl sites for hydroxylation is 2. The van der Waals surface area contributed by atoms with Crippen molar-refractivity contribution in [3.8, 4) is 22.7 Å². The Kier molecular flexibility index (Phi) is 6.83. The summed E-state index contributed by atoms with van der Waals surface area (Å²) in [5, 5.41) is 7.68.